The van der Waals surface area contributed by atoms with E-state index in [1.54, 1.807) is 0 Å². The van der Waals surface area contributed by atoms with Crippen LogP contribution in [0.1, 0.15) is 6.42 Å². The third kappa shape index (κ3) is 3.47. The number of hydrogen-bond acceptors (Lipinski definition) is 5. The smallest absolute Gasteiger partial charge is 0.367 e. The summed E-state index contributed by atoms with van der Waals surface area (Å²) in [6.07, 6.45) is 2.04. The first-order valence-electron chi connectivity index (χ1n) is 2.65. The van der Waals surface area contributed by atoms with Crippen LogP contribution < -0.4 is 5.90 Å². The Bertz CT molecular complexity index is 137. The monoisotopic (exact) mass is 163 g/mol. The van der Waals surface area contributed by atoms with Crippen molar-refractivity contribution in [3.63, 3.8) is 0 Å². The maximum absolute atomic E-state index is 10.6. The summed E-state index contributed by atoms with van der Waals surface area (Å²) in [6, 6.07) is 0. The molecule has 0 aromatic rings. The lowest BCUT2D eigenvalue weighted by Gasteiger charge is -1.94. The van der Waals surface area contributed by atoms with Crippen molar-refractivity contribution in [3.8, 4) is 0 Å². The van der Waals surface area contributed by atoms with Gasteiger partial charge in [-0.15, -0.1) is 0 Å². The van der Waals surface area contributed by atoms with E-state index in [0.717, 1.165) is 0 Å². The van der Waals surface area contributed by atoms with Crippen LogP contribution in [0.4, 0.5) is 0 Å². The summed E-state index contributed by atoms with van der Waals surface area (Å²) in [4.78, 5) is 24.6. The molecule has 0 aromatic carbocycles. The fraction of sp³-hybridized carbons (Fsp3) is 0.600. The number of nitrogens with two attached hydrogens (primary N) is 1. The van der Waals surface area contributed by atoms with Gasteiger partial charge in [0.1, 0.15) is 0 Å². The molecule has 0 amide bonds. The molecule has 5 heteroatoms. The average Bonchev–Trinajstić information content (AvgIpc) is 1.98. The largest absolute Gasteiger partial charge is 0.393 e. The number of hydrogen-bond donors (Lipinski definition) is 1. The van der Waals surface area contributed by atoms with E-state index in [1.807, 2.05) is 6.26 Å². The van der Waals surface area contributed by atoms with E-state index in [2.05, 4.69) is 10.7 Å². The minimum absolute atomic E-state index is 0.192. The van der Waals surface area contributed by atoms with Crippen LogP contribution >= 0.6 is 11.8 Å². The summed E-state index contributed by atoms with van der Waals surface area (Å²) in [5.74, 6) is 3.55. The molecule has 0 heterocycles. The first-order valence-corrected chi connectivity index (χ1v) is 4.04. The molecule has 2 N–H and O–H groups in total. The van der Waals surface area contributed by atoms with E-state index in [4.69, 9.17) is 0 Å². The number of Topliss-reactive ketones (excluding diaryl/α,β-unsaturated/α-hetero) is 1. The van der Waals surface area contributed by atoms with Gasteiger partial charge in [-0.2, -0.15) is 17.7 Å². The SMILES string of the molecule is CSCCC(=O)C(=O)ON. The van der Waals surface area contributed by atoms with Gasteiger partial charge in [0.25, 0.3) is 0 Å². The lowest BCUT2D eigenvalue weighted by Crippen LogP contribution is -2.20. The molecule has 0 aliphatic rings. The van der Waals surface area contributed by atoms with Crippen LogP contribution in [0.3, 0.4) is 0 Å². The van der Waals surface area contributed by atoms with Crippen LogP contribution in [0.25, 0.3) is 0 Å². The van der Waals surface area contributed by atoms with Crippen molar-refractivity contribution in [1.29, 1.82) is 0 Å². The van der Waals surface area contributed by atoms with Gasteiger partial charge in [-0.25, -0.2) is 4.79 Å². The van der Waals surface area contributed by atoms with Gasteiger partial charge in [0.15, 0.2) is 0 Å². The fourth-order valence-corrected chi connectivity index (χ4v) is 0.752. The highest BCUT2D eigenvalue weighted by Gasteiger charge is 2.12. The Kier molecular flexibility index (Phi) is 4.96. The van der Waals surface area contributed by atoms with Gasteiger partial charge >= 0.3 is 5.97 Å². The molecule has 0 saturated carbocycles. The van der Waals surface area contributed by atoms with Gasteiger partial charge in [-0.05, 0) is 6.26 Å². The fourth-order valence-electron chi connectivity index (χ4n) is 0.363. The number of rotatable bonds is 4. The molecule has 0 spiro atoms. The molecule has 0 aliphatic heterocycles. The molecule has 0 saturated heterocycles. The van der Waals surface area contributed by atoms with Crippen LogP contribution in [0.15, 0.2) is 0 Å². The van der Waals surface area contributed by atoms with Gasteiger partial charge in [0.05, 0.1) is 0 Å². The molecule has 0 rings (SSSR count). The summed E-state index contributed by atoms with van der Waals surface area (Å²) in [6.45, 7) is 0. The van der Waals surface area contributed by atoms with Gasteiger partial charge in [0, 0.05) is 12.2 Å². The first kappa shape index (κ1) is 9.45. The van der Waals surface area contributed by atoms with E-state index >= 15 is 0 Å². The summed E-state index contributed by atoms with van der Waals surface area (Å²) in [5, 5.41) is 0. The van der Waals surface area contributed by atoms with E-state index in [0.29, 0.717) is 5.75 Å². The minimum atomic E-state index is -0.964. The van der Waals surface area contributed by atoms with Gasteiger partial charge < -0.3 is 4.84 Å². The number of ketones is 1. The molecule has 0 unspecified atom stereocenters. The highest BCUT2D eigenvalue weighted by atomic mass is 32.2. The van der Waals surface area contributed by atoms with Crippen molar-refractivity contribution in [1.82, 2.24) is 0 Å². The van der Waals surface area contributed by atoms with E-state index < -0.39 is 11.8 Å². The molecular weight excluding hydrogens is 154 g/mol. The van der Waals surface area contributed by atoms with Crippen molar-refractivity contribution < 1.29 is 14.4 Å². The molecule has 10 heavy (non-hydrogen) atoms. The number of carbonyl (C=O) groups excluding carboxylic acids is 2. The van der Waals surface area contributed by atoms with Crippen LogP contribution in [-0.2, 0) is 14.4 Å². The van der Waals surface area contributed by atoms with Gasteiger partial charge in [-0.3, -0.25) is 4.79 Å². The summed E-state index contributed by atoms with van der Waals surface area (Å²) >= 11 is 1.49. The lowest BCUT2D eigenvalue weighted by molar-refractivity contribution is -0.154. The third-order valence-corrected chi connectivity index (χ3v) is 1.48. The van der Waals surface area contributed by atoms with Crippen molar-refractivity contribution in [3.05, 3.63) is 0 Å². The van der Waals surface area contributed by atoms with E-state index in [1.165, 1.54) is 11.8 Å². The van der Waals surface area contributed by atoms with Crippen LogP contribution in [-0.4, -0.2) is 23.8 Å². The van der Waals surface area contributed by atoms with Crippen molar-refractivity contribution in [2.45, 2.75) is 6.42 Å². The number of thioether (sulfide) groups is 1. The van der Waals surface area contributed by atoms with E-state index in [9.17, 15) is 9.59 Å². The lowest BCUT2D eigenvalue weighted by atomic mass is 10.3. The Morgan fingerprint density at radius 3 is 2.60 bits per heavy atom. The first-order chi connectivity index (χ1) is 4.72. The number of carbonyl (C=O) groups is 2. The highest BCUT2D eigenvalue weighted by Crippen LogP contribution is 1.96. The normalized spacial score (nSPS) is 9.00. The predicted molar refractivity (Wildman–Crippen MR) is 38.3 cm³/mol. The second-order valence-electron chi connectivity index (χ2n) is 1.57. The Morgan fingerprint density at radius 2 is 2.20 bits per heavy atom. The molecule has 0 atom stereocenters. The summed E-state index contributed by atoms with van der Waals surface area (Å²) in [5.41, 5.74) is 0. The minimum Gasteiger partial charge on any atom is -0.367 e. The molecule has 0 fully saturated rings. The Hall–Kier alpha value is -0.550. The summed E-state index contributed by atoms with van der Waals surface area (Å²) in [7, 11) is 0. The topological polar surface area (TPSA) is 69.4 Å². The van der Waals surface area contributed by atoms with Crippen LogP contribution in [0, 0.1) is 0 Å². The van der Waals surface area contributed by atoms with E-state index in [-0.39, 0.29) is 6.42 Å². The standard InChI is InChI=1S/C5H9NO3S/c1-10-3-2-4(7)5(8)9-6/h2-3,6H2,1H3. The van der Waals surface area contributed by atoms with Crippen LogP contribution in [0.2, 0.25) is 0 Å². The Labute approximate surface area is 63.1 Å². The zero-order valence-electron chi connectivity index (χ0n) is 5.62. The Morgan fingerprint density at radius 1 is 1.60 bits per heavy atom. The maximum Gasteiger partial charge on any atom is 0.393 e. The van der Waals surface area contributed by atoms with Crippen molar-refractivity contribution >= 4 is 23.5 Å². The quantitative estimate of drug-likeness (QED) is 0.456. The second-order valence-corrected chi connectivity index (χ2v) is 2.56. The van der Waals surface area contributed by atoms with Crippen LogP contribution in [0.5, 0.6) is 0 Å². The van der Waals surface area contributed by atoms with Crippen molar-refractivity contribution in [2.24, 2.45) is 5.90 Å². The zero-order valence-corrected chi connectivity index (χ0v) is 6.44. The molecule has 0 radical (unpaired) electrons. The average molecular weight is 163 g/mol. The highest BCUT2D eigenvalue weighted by molar-refractivity contribution is 7.98. The third-order valence-electron chi connectivity index (χ3n) is 0.868. The summed E-state index contributed by atoms with van der Waals surface area (Å²) < 4.78 is 0. The molecule has 0 bridgehead atoms. The zero-order chi connectivity index (χ0) is 7.98. The second kappa shape index (κ2) is 5.25. The molecule has 4 nitrogen and oxygen atoms in total. The predicted octanol–water partition coefficient (Wildman–Crippen LogP) is -0.274. The maximum atomic E-state index is 10.6. The molecule has 58 valence electrons. The molecule has 0 aliphatic carbocycles. The Balaban J connectivity index is 3.52. The van der Waals surface area contributed by atoms with Gasteiger partial charge in [-0.1, -0.05) is 0 Å². The van der Waals surface area contributed by atoms with Crippen molar-refractivity contribution in [2.75, 3.05) is 12.0 Å². The molecule has 0 aromatic heterocycles. The van der Waals surface area contributed by atoms with Gasteiger partial charge in [0.2, 0.25) is 5.78 Å². The molecular formula is C5H9NO3S.